The third kappa shape index (κ3) is 1.88. The number of methoxy groups -OCH3 is 1. The zero-order valence-electron chi connectivity index (χ0n) is 13.6. The van der Waals surface area contributed by atoms with E-state index in [1.807, 2.05) is 24.3 Å². The van der Waals surface area contributed by atoms with Gasteiger partial charge < -0.3 is 19.8 Å². The van der Waals surface area contributed by atoms with Crippen LogP contribution in [0.15, 0.2) is 30.3 Å². The molecule has 2 aromatic rings. The molecule has 1 aliphatic carbocycles. The van der Waals surface area contributed by atoms with Crippen molar-refractivity contribution in [2.75, 3.05) is 13.7 Å². The summed E-state index contributed by atoms with van der Waals surface area (Å²) in [6.07, 6.45) is -0.156. The number of carbonyl (C=O) groups is 1. The van der Waals surface area contributed by atoms with Gasteiger partial charge in [0.1, 0.15) is 6.10 Å². The number of carbonyl (C=O) groups excluding carboxylic acids is 1. The van der Waals surface area contributed by atoms with Crippen LogP contribution >= 0.6 is 0 Å². The van der Waals surface area contributed by atoms with Gasteiger partial charge in [-0.3, -0.25) is 4.79 Å². The summed E-state index contributed by atoms with van der Waals surface area (Å²) in [6, 6.07) is 8.78. The molecule has 5 heteroatoms. The third-order valence-electron chi connectivity index (χ3n) is 5.10. The molecule has 0 saturated carbocycles. The highest BCUT2D eigenvalue weighted by Gasteiger charge is 2.43. The molecule has 1 aliphatic heterocycles. The predicted octanol–water partition coefficient (Wildman–Crippen LogP) is 2.56. The normalized spacial score (nSPS) is 21.0. The number of ether oxygens (including phenoxy) is 1. The van der Waals surface area contributed by atoms with Gasteiger partial charge in [-0.05, 0) is 34.7 Å². The lowest BCUT2D eigenvalue weighted by atomic mass is 9.75. The topological polar surface area (TPSA) is 70.0 Å². The maximum Gasteiger partial charge on any atom is 0.220 e. The van der Waals surface area contributed by atoms with Crippen LogP contribution in [0.25, 0.3) is 11.1 Å². The molecule has 0 unspecified atom stereocenters. The van der Waals surface area contributed by atoms with E-state index in [2.05, 4.69) is 0 Å². The minimum absolute atomic E-state index is 0.0675. The Kier molecular flexibility index (Phi) is 3.28. The molecule has 2 atom stereocenters. The number of aromatic hydroxyl groups is 1. The minimum Gasteiger partial charge on any atom is -0.504 e. The van der Waals surface area contributed by atoms with Crippen molar-refractivity contribution in [3.8, 4) is 22.6 Å². The van der Waals surface area contributed by atoms with E-state index in [0.29, 0.717) is 18.7 Å². The van der Waals surface area contributed by atoms with Gasteiger partial charge in [0, 0.05) is 19.0 Å². The number of phenols is 1. The van der Waals surface area contributed by atoms with Gasteiger partial charge in [-0.2, -0.15) is 0 Å². The van der Waals surface area contributed by atoms with Crippen LogP contribution in [0.5, 0.6) is 11.5 Å². The first kappa shape index (κ1) is 15.0. The molecule has 2 aliphatic rings. The summed E-state index contributed by atoms with van der Waals surface area (Å²) in [5, 5.41) is 21.4. The Hall–Kier alpha value is -2.53. The molecule has 0 radical (unpaired) electrons. The lowest BCUT2D eigenvalue weighted by molar-refractivity contribution is -0.134. The highest BCUT2D eigenvalue weighted by Crippen LogP contribution is 2.55. The summed E-state index contributed by atoms with van der Waals surface area (Å²) in [6.45, 7) is 2.05. The molecule has 0 spiro atoms. The molecule has 124 valence electrons. The Labute approximate surface area is 140 Å². The molecule has 0 bridgehead atoms. The van der Waals surface area contributed by atoms with Crippen LogP contribution in [0, 0.1) is 0 Å². The van der Waals surface area contributed by atoms with Crippen molar-refractivity contribution in [3.05, 3.63) is 47.0 Å². The summed E-state index contributed by atoms with van der Waals surface area (Å²) < 4.78 is 5.47. The average Bonchev–Trinajstić information content (AvgIpc) is 2.58. The van der Waals surface area contributed by atoms with Gasteiger partial charge in [0.2, 0.25) is 5.91 Å². The molecule has 24 heavy (non-hydrogen) atoms. The van der Waals surface area contributed by atoms with Crippen molar-refractivity contribution in [3.63, 3.8) is 0 Å². The van der Waals surface area contributed by atoms with Crippen molar-refractivity contribution < 1.29 is 19.7 Å². The zero-order chi connectivity index (χ0) is 17.0. The number of hydrogen-bond donors (Lipinski definition) is 2. The number of benzene rings is 2. The SMILES string of the molecule is COc1c(O)cc2c3c1-c1ccccc1[C@H](O)[C@H]3N(C(C)=O)CC2. The van der Waals surface area contributed by atoms with Crippen LogP contribution in [0.2, 0.25) is 0 Å². The van der Waals surface area contributed by atoms with E-state index in [1.54, 1.807) is 11.0 Å². The van der Waals surface area contributed by atoms with Crippen molar-refractivity contribution in [2.45, 2.75) is 25.5 Å². The van der Waals surface area contributed by atoms with Crippen LogP contribution in [0.4, 0.5) is 0 Å². The number of amides is 1. The lowest BCUT2D eigenvalue weighted by Gasteiger charge is -2.44. The smallest absolute Gasteiger partial charge is 0.220 e. The Morgan fingerprint density at radius 3 is 2.79 bits per heavy atom. The van der Waals surface area contributed by atoms with E-state index >= 15 is 0 Å². The van der Waals surface area contributed by atoms with E-state index in [0.717, 1.165) is 27.8 Å². The number of rotatable bonds is 1. The molecular weight excluding hydrogens is 306 g/mol. The van der Waals surface area contributed by atoms with Crippen LogP contribution < -0.4 is 4.74 Å². The second-order valence-corrected chi connectivity index (χ2v) is 6.32. The molecule has 5 nitrogen and oxygen atoms in total. The van der Waals surface area contributed by atoms with Gasteiger partial charge in [-0.25, -0.2) is 0 Å². The summed E-state index contributed by atoms with van der Waals surface area (Å²) in [7, 11) is 1.52. The maximum absolute atomic E-state index is 12.1. The van der Waals surface area contributed by atoms with Crippen molar-refractivity contribution >= 4 is 5.91 Å². The molecule has 1 amide bonds. The molecular formula is C19H19NO4. The van der Waals surface area contributed by atoms with Crippen LogP contribution in [-0.2, 0) is 11.2 Å². The fourth-order valence-electron chi connectivity index (χ4n) is 4.11. The Balaban J connectivity index is 2.10. The second-order valence-electron chi connectivity index (χ2n) is 6.32. The molecule has 0 saturated heterocycles. The number of aliphatic hydroxyl groups is 1. The van der Waals surface area contributed by atoms with E-state index in [9.17, 15) is 15.0 Å². The molecule has 1 heterocycles. The first-order valence-corrected chi connectivity index (χ1v) is 8.02. The fourth-order valence-corrected chi connectivity index (χ4v) is 4.11. The first-order valence-electron chi connectivity index (χ1n) is 8.02. The number of nitrogens with zero attached hydrogens (tertiary/aromatic N) is 1. The second kappa shape index (κ2) is 5.24. The van der Waals surface area contributed by atoms with Gasteiger partial charge in [0.25, 0.3) is 0 Å². The first-order chi connectivity index (χ1) is 11.5. The van der Waals surface area contributed by atoms with Crippen LogP contribution in [0.3, 0.4) is 0 Å². The minimum atomic E-state index is -0.800. The van der Waals surface area contributed by atoms with Crippen LogP contribution in [0.1, 0.15) is 35.8 Å². The van der Waals surface area contributed by atoms with Crippen molar-refractivity contribution in [1.82, 2.24) is 4.90 Å². The van der Waals surface area contributed by atoms with E-state index in [1.165, 1.54) is 14.0 Å². The Bertz CT molecular complexity index is 846. The molecule has 4 rings (SSSR count). The Morgan fingerprint density at radius 1 is 1.33 bits per heavy atom. The van der Waals surface area contributed by atoms with Gasteiger partial charge in [0.05, 0.1) is 13.2 Å². The average molecular weight is 325 g/mol. The van der Waals surface area contributed by atoms with Gasteiger partial charge >= 0.3 is 0 Å². The maximum atomic E-state index is 12.1. The Morgan fingerprint density at radius 2 is 2.08 bits per heavy atom. The lowest BCUT2D eigenvalue weighted by Crippen LogP contribution is -2.43. The fraction of sp³-hybridized carbons (Fsp3) is 0.316. The van der Waals surface area contributed by atoms with Gasteiger partial charge in [0.15, 0.2) is 11.5 Å². The van der Waals surface area contributed by atoms with E-state index < -0.39 is 12.1 Å². The number of fused-ring (bicyclic) bond motifs is 2. The number of hydrogen-bond acceptors (Lipinski definition) is 4. The third-order valence-corrected chi connectivity index (χ3v) is 5.10. The summed E-state index contributed by atoms with van der Waals surface area (Å²) in [5.74, 6) is 0.415. The van der Waals surface area contributed by atoms with Crippen LogP contribution in [-0.4, -0.2) is 34.7 Å². The van der Waals surface area contributed by atoms with Gasteiger partial charge in [-0.15, -0.1) is 0 Å². The largest absolute Gasteiger partial charge is 0.504 e. The number of aliphatic hydroxyl groups excluding tert-OH is 1. The van der Waals surface area contributed by atoms with E-state index in [-0.39, 0.29) is 11.7 Å². The monoisotopic (exact) mass is 325 g/mol. The molecule has 2 N–H and O–H groups in total. The zero-order valence-corrected chi connectivity index (χ0v) is 13.6. The quantitative estimate of drug-likeness (QED) is 0.845. The summed E-state index contributed by atoms with van der Waals surface area (Å²) in [4.78, 5) is 13.8. The highest BCUT2D eigenvalue weighted by atomic mass is 16.5. The van der Waals surface area contributed by atoms with E-state index in [4.69, 9.17) is 4.74 Å². The molecule has 0 fully saturated rings. The van der Waals surface area contributed by atoms with Gasteiger partial charge in [-0.1, -0.05) is 24.3 Å². The van der Waals surface area contributed by atoms with Crippen molar-refractivity contribution in [2.24, 2.45) is 0 Å². The van der Waals surface area contributed by atoms with Crippen molar-refractivity contribution in [1.29, 1.82) is 0 Å². The molecule has 0 aromatic heterocycles. The summed E-state index contributed by atoms with van der Waals surface area (Å²) >= 11 is 0. The number of phenolic OH excluding ortho intramolecular Hbond substituents is 1. The predicted molar refractivity (Wildman–Crippen MR) is 88.9 cm³/mol. The highest BCUT2D eigenvalue weighted by molar-refractivity contribution is 5.85. The molecule has 2 aromatic carbocycles. The summed E-state index contributed by atoms with van der Waals surface area (Å²) in [5.41, 5.74) is 4.22. The standard InChI is InChI=1S/C19H19NO4/c1-10(21)20-8-7-11-9-14(22)19(24-2)16-12-5-3-4-6-13(12)18(23)17(20)15(11)16/h3-6,9,17-18,22-23H,7-8H2,1-2H3/t17-,18-/m0/s1.